The van der Waals surface area contributed by atoms with Gasteiger partial charge in [-0.15, -0.1) is 0 Å². The van der Waals surface area contributed by atoms with Crippen molar-refractivity contribution in [2.45, 2.75) is 49.7 Å². The molecule has 0 bridgehead atoms. The molecule has 0 unspecified atom stereocenters. The van der Waals surface area contributed by atoms with Crippen molar-refractivity contribution in [1.82, 2.24) is 4.31 Å². The van der Waals surface area contributed by atoms with Crippen LogP contribution in [-0.4, -0.2) is 56.0 Å². The van der Waals surface area contributed by atoms with Gasteiger partial charge in [0.25, 0.3) is 0 Å². The highest BCUT2D eigenvalue weighted by Gasteiger charge is 2.42. The number of anilines is 2. The average Bonchev–Trinajstić information content (AvgIpc) is 2.87. The summed E-state index contributed by atoms with van der Waals surface area (Å²) in [6, 6.07) is 4.75. The van der Waals surface area contributed by atoms with Crippen LogP contribution in [0.3, 0.4) is 0 Å². The van der Waals surface area contributed by atoms with Crippen molar-refractivity contribution in [2.24, 2.45) is 5.92 Å². The molecule has 0 saturated heterocycles. The molecule has 1 N–H and O–H groups in total. The van der Waals surface area contributed by atoms with Crippen LogP contribution in [0.2, 0.25) is 0 Å². The van der Waals surface area contributed by atoms with Gasteiger partial charge in [-0.25, -0.2) is 21.6 Å². The number of halogens is 6. The molecule has 7 nitrogen and oxygen atoms in total. The number of hydrogen-bond donors (Lipinski definition) is 1. The van der Waals surface area contributed by atoms with E-state index in [0.717, 1.165) is 28.4 Å². The van der Waals surface area contributed by atoms with Gasteiger partial charge in [0.1, 0.15) is 23.1 Å². The lowest BCUT2D eigenvalue weighted by Gasteiger charge is -2.30. The number of aliphatic carboxylic acids is 1. The number of ether oxygens (including phenoxy) is 1. The monoisotopic (exact) mass is 568 g/mol. The van der Waals surface area contributed by atoms with Gasteiger partial charge in [0.2, 0.25) is 15.9 Å². The predicted octanol–water partition coefficient (Wildman–Crippen LogP) is 5.52. The van der Waals surface area contributed by atoms with E-state index in [2.05, 4.69) is 0 Å². The summed E-state index contributed by atoms with van der Waals surface area (Å²) in [6.45, 7) is 0.822. The fourth-order valence-corrected chi connectivity index (χ4v) is 5.52. The number of nitrogens with zero attached hydrogens (tertiary/aromatic N) is 2. The van der Waals surface area contributed by atoms with Crippen molar-refractivity contribution < 1.29 is 49.4 Å². The number of alkyl halides is 5. The molecule has 0 saturated carbocycles. The molecule has 1 aliphatic heterocycles. The second-order valence-corrected chi connectivity index (χ2v) is 11.2. The Labute approximate surface area is 215 Å². The van der Waals surface area contributed by atoms with Crippen LogP contribution in [0.25, 0.3) is 0 Å². The number of carboxylic acid groups (broad SMARTS) is 1. The lowest BCUT2D eigenvalue weighted by Crippen LogP contribution is -2.41. The first kappa shape index (κ1) is 29.6. The van der Waals surface area contributed by atoms with Gasteiger partial charge in [0, 0.05) is 37.8 Å². The smallest absolute Gasteiger partial charge is 0.420 e. The summed E-state index contributed by atoms with van der Waals surface area (Å²) in [5, 5.41) is 9.06. The summed E-state index contributed by atoms with van der Waals surface area (Å²) in [5.41, 5.74) is -1.84. The minimum atomic E-state index is -5.05. The molecule has 0 aromatic heterocycles. The van der Waals surface area contributed by atoms with Gasteiger partial charge in [-0.1, -0.05) is 6.07 Å². The molecule has 2 atom stereocenters. The topological polar surface area (TPSA) is 87.2 Å². The van der Waals surface area contributed by atoms with Crippen LogP contribution in [0, 0.1) is 11.7 Å². The third kappa shape index (κ3) is 6.52. The average molecular weight is 569 g/mol. The molecule has 2 aromatic carbocycles. The molecule has 2 aromatic rings. The minimum absolute atomic E-state index is 0.00583. The van der Waals surface area contributed by atoms with E-state index in [1.807, 2.05) is 0 Å². The van der Waals surface area contributed by atoms with Crippen LogP contribution < -0.4 is 9.64 Å². The summed E-state index contributed by atoms with van der Waals surface area (Å²) in [4.78, 5) is 11.6. The summed E-state index contributed by atoms with van der Waals surface area (Å²) in [5.74, 6) is -7.36. The zero-order chi connectivity index (χ0) is 28.6. The van der Waals surface area contributed by atoms with E-state index in [4.69, 9.17) is 9.84 Å². The largest absolute Gasteiger partial charge is 0.492 e. The molecule has 0 fully saturated rings. The molecule has 38 heavy (non-hydrogen) atoms. The zero-order valence-corrected chi connectivity index (χ0v) is 21.4. The molecule has 0 aliphatic carbocycles. The third-order valence-corrected chi connectivity index (χ3v) is 8.11. The van der Waals surface area contributed by atoms with Gasteiger partial charge < -0.3 is 14.7 Å². The van der Waals surface area contributed by atoms with Gasteiger partial charge in [0.15, 0.2) is 0 Å². The summed E-state index contributed by atoms with van der Waals surface area (Å²) < 4.78 is 117. The minimum Gasteiger partial charge on any atom is -0.492 e. The normalized spacial score (nSPS) is 19.0. The maximum atomic E-state index is 14.1. The first-order valence-electron chi connectivity index (χ1n) is 11.4. The highest BCUT2D eigenvalue weighted by molar-refractivity contribution is 7.89. The maximum absolute atomic E-state index is 14.1. The van der Waals surface area contributed by atoms with Gasteiger partial charge in [-0.3, -0.25) is 4.79 Å². The Balaban J connectivity index is 2.26. The van der Waals surface area contributed by atoms with E-state index in [9.17, 15) is 39.6 Å². The number of sulfonamides is 1. The van der Waals surface area contributed by atoms with Crippen LogP contribution in [0.1, 0.15) is 32.3 Å². The van der Waals surface area contributed by atoms with Crippen molar-refractivity contribution in [3.05, 3.63) is 47.8 Å². The second kappa shape index (κ2) is 10.6. The standard InChI is InChI=1S/C24H26F6N2O5S/c1-14(22(33)34)13-37-20-11-21-19(10-18(20)24(28,29)30)32(16-6-4-5-15(25)9-16)12-17(7-8-23(2,26)27)31(3)38(21,35)36/h4-6,9-11,14,17H,7-8,12-13H2,1-3H3,(H,33,34)/t14-,17-/m1/s1. The molecule has 0 amide bonds. The Bertz CT molecular complexity index is 1300. The van der Waals surface area contributed by atoms with Crippen molar-refractivity contribution in [1.29, 1.82) is 0 Å². The zero-order valence-electron chi connectivity index (χ0n) is 20.6. The van der Waals surface area contributed by atoms with Gasteiger partial charge >= 0.3 is 12.1 Å². The molecule has 210 valence electrons. The Morgan fingerprint density at radius 2 is 1.84 bits per heavy atom. The van der Waals surface area contributed by atoms with Crippen LogP contribution in [0.4, 0.5) is 37.7 Å². The molecule has 14 heteroatoms. The highest BCUT2D eigenvalue weighted by Crippen LogP contribution is 2.46. The highest BCUT2D eigenvalue weighted by atomic mass is 32.2. The van der Waals surface area contributed by atoms with Gasteiger partial charge in [-0.05, 0) is 44.5 Å². The van der Waals surface area contributed by atoms with Crippen molar-refractivity contribution in [3.8, 4) is 5.75 Å². The van der Waals surface area contributed by atoms with Crippen molar-refractivity contribution in [2.75, 3.05) is 25.1 Å². The van der Waals surface area contributed by atoms with Crippen LogP contribution >= 0.6 is 0 Å². The number of carboxylic acids is 1. The third-order valence-electron chi connectivity index (χ3n) is 6.17. The molecule has 0 radical (unpaired) electrons. The molecular formula is C24H26F6N2O5S. The van der Waals surface area contributed by atoms with Crippen LogP contribution in [0.15, 0.2) is 41.3 Å². The quantitative estimate of drug-likeness (QED) is 0.422. The molecule has 1 heterocycles. The predicted molar refractivity (Wildman–Crippen MR) is 126 cm³/mol. The Hall–Kier alpha value is -3.00. The van der Waals surface area contributed by atoms with E-state index in [-0.39, 0.29) is 18.7 Å². The van der Waals surface area contributed by atoms with Crippen LogP contribution in [0.5, 0.6) is 5.75 Å². The molecule has 1 aliphatic rings. The SMILES string of the molecule is C[C@H](COc1cc2c(cc1C(F)(F)F)N(c1cccc(F)c1)C[C@@H](CCC(C)(F)F)N(C)S2(=O)=O)C(=O)O. The Morgan fingerprint density at radius 1 is 1.18 bits per heavy atom. The van der Waals surface area contributed by atoms with Crippen LogP contribution in [-0.2, 0) is 21.0 Å². The summed E-state index contributed by atoms with van der Waals surface area (Å²) >= 11 is 0. The van der Waals surface area contributed by atoms with Crippen molar-refractivity contribution in [3.63, 3.8) is 0 Å². The first-order chi connectivity index (χ1) is 17.4. The Kier molecular flexibility index (Phi) is 8.27. The lowest BCUT2D eigenvalue weighted by atomic mass is 10.1. The number of benzene rings is 2. The number of hydrogen-bond acceptors (Lipinski definition) is 5. The van der Waals surface area contributed by atoms with E-state index >= 15 is 0 Å². The number of rotatable bonds is 8. The van der Waals surface area contributed by atoms with Gasteiger partial charge in [0.05, 0.1) is 17.2 Å². The lowest BCUT2D eigenvalue weighted by molar-refractivity contribution is -0.142. The molecule has 0 spiro atoms. The van der Waals surface area contributed by atoms with Gasteiger partial charge in [-0.2, -0.15) is 17.5 Å². The number of carbonyl (C=O) groups is 1. The Morgan fingerprint density at radius 3 is 2.39 bits per heavy atom. The number of likely N-dealkylation sites (N-methyl/N-ethyl adjacent to an activating group) is 1. The molecular weight excluding hydrogens is 542 g/mol. The fraction of sp³-hybridized carbons (Fsp3) is 0.458. The first-order valence-corrected chi connectivity index (χ1v) is 12.9. The summed E-state index contributed by atoms with van der Waals surface area (Å²) in [7, 11) is -3.45. The fourth-order valence-electron chi connectivity index (χ4n) is 3.95. The number of fused-ring (bicyclic) bond motifs is 1. The van der Waals surface area contributed by atoms with E-state index in [0.29, 0.717) is 19.1 Å². The van der Waals surface area contributed by atoms with E-state index < -0.39 is 80.8 Å². The van der Waals surface area contributed by atoms with E-state index in [1.165, 1.54) is 19.1 Å². The maximum Gasteiger partial charge on any atom is 0.420 e. The summed E-state index contributed by atoms with van der Waals surface area (Å²) in [6.07, 6.45) is -6.10. The molecule has 3 rings (SSSR count). The van der Waals surface area contributed by atoms with Crippen molar-refractivity contribution >= 4 is 27.4 Å². The van der Waals surface area contributed by atoms with E-state index in [1.54, 1.807) is 0 Å². The second-order valence-electron chi connectivity index (χ2n) is 9.24.